The minimum atomic E-state index is -0.384. The molecule has 1 heterocycles. The first-order valence-electron chi connectivity index (χ1n) is 5.67. The Hall–Kier alpha value is 0.700. The number of allylic oxidation sites excluding steroid dienone is 1. The first kappa shape index (κ1) is 16.8. The van der Waals surface area contributed by atoms with Gasteiger partial charge in [0, 0.05) is 17.4 Å². The van der Waals surface area contributed by atoms with Crippen LogP contribution in [0.3, 0.4) is 0 Å². The predicted octanol–water partition coefficient (Wildman–Crippen LogP) is 2.80. The van der Waals surface area contributed by atoms with E-state index in [4.69, 9.17) is 22.4 Å². The fourth-order valence-corrected chi connectivity index (χ4v) is 11.8. The van der Waals surface area contributed by atoms with Crippen molar-refractivity contribution in [2.45, 2.75) is 37.5 Å². The molecule has 0 amide bonds. The predicted molar refractivity (Wildman–Crippen MR) is 92.1 cm³/mol. The zero-order chi connectivity index (χ0) is 13.9. The summed E-state index contributed by atoms with van der Waals surface area (Å²) in [4.78, 5) is 4.35. The first-order chi connectivity index (χ1) is 8.43. The van der Waals surface area contributed by atoms with Crippen molar-refractivity contribution in [2.24, 2.45) is 10.9 Å². The van der Waals surface area contributed by atoms with E-state index in [0.29, 0.717) is 9.83 Å². The molecule has 0 fully saturated rings. The van der Waals surface area contributed by atoms with Gasteiger partial charge >= 0.3 is 0 Å². The molecule has 0 radical (unpaired) electrons. The van der Waals surface area contributed by atoms with Gasteiger partial charge in [0.2, 0.25) is 0 Å². The normalized spacial score (nSPS) is 24.4. The Morgan fingerprint density at radius 2 is 2.11 bits per heavy atom. The molecule has 4 unspecified atom stereocenters. The van der Waals surface area contributed by atoms with Crippen LogP contribution in [0.1, 0.15) is 27.7 Å². The fourth-order valence-electron chi connectivity index (χ4n) is 1.66. The van der Waals surface area contributed by atoms with Gasteiger partial charge in [-0.05, 0) is 50.7 Å². The van der Waals surface area contributed by atoms with Crippen LogP contribution in [0.2, 0.25) is 0 Å². The molecule has 0 N–H and O–H groups in total. The Morgan fingerprint density at radius 1 is 1.50 bits per heavy atom. The monoisotopic (exact) mass is 343 g/mol. The summed E-state index contributed by atoms with van der Waals surface area (Å²) >= 11 is 10.8. The van der Waals surface area contributed by atoms with Crippen LogP contribution >= 0.6 is 0 Å². The van der Waals surface area contributed by atoms with Crippen molar-refractivity contribution in [1.82, 2.24) is 0 Å². The van der Waals surface area contributed by atoms with E-state index < -0.39 is 0 Å². The van der Waals surface area contributed by atoms with Crippen LogP contribution in [0.5, 0.6) is 0 Å². The van der Waals surface area contributed by atoms with Gasteiger partial charge in [-0.1, -0.05) is 23.3 Å². The molecule has 0 saturated carbocycles. The number of alkyl halides is 1. The summed E-state index contributed by atoms with van der Waals surface area (Å²) < 4.78 is 13.1. The van der Waals surface area contributed by atoms with E-state index in [1.807, 2.05) is 6.92 Å². The molecule has 0 aromatic carbocycles. The zero-order valence-electron chi connectivity index (χ0n) is 10.9. The first-order valence-corrected chi connectivity index (χ1v) is 11.5. The summed E-state index contributed by atoms with van der Waals surface area (Å²) in [5.41, 5.74) is 1.00. The molecule has 7 heteroatoms. The lowest BCUT2D eigenvalue weighted by molar-refractivity contribution is 0.460. The third-order valence-electron chi connectivity index (χ3n) is 2.79. The lowest BCUT2D eigenvalue weighted by Crippen LogP contribution is -2.23. The number of hydrogen-bond donors (Lipinski definition) is 0. The lowest BCUT2D eigenvalue weighted by Gasteiger charge is -2.20. The minimum Gasteiger partial charge on any atom is -0.253 e. The van der Waals surface area contributed by atoms with Crippen molar-refractivity contribution in [3.8, 4) is 0 Å². The number of aliphatic imine (C=N–C) groups is 1. The zero-order valence-corrected chi connectivity index (χ0v) is 15.0. The SMILES string of the molecule is CC1=C(S(=S)C(C)S(=S=S)C(C)C)N=CC1CF. The molecule has 104 valence electrons. The average Bonchev–Trinajstić information content (AvgIpc) is 2.69. The number of hydrogen-bond acceptors (Lipinski definition) is 3. The third kappa shape index (κ3) is 3.62. The van der Waals surface area contributed by atoms with Gasteiger partial charge in [-0.2, -0.15) is 0 Å². The molecule has 1 nitrogen and oxygen atoms in total. The van der Waals surface area contributed by atoms with Gasteiger partial charge in [-0.25, -0.2) is 0 Å². The van der Waals surface area contributed by atoms with E-state index in [9.17, 15) is 4.39 Å². The van der Waals surface area contributed by atoms with Crippen LogP contribution in [0, 0.1) is 5.92 Å². The van der Waals surface area contributed by atoms with Gasteiger partial charge in [0.25, 0.3) is 0 Å². The van der Waals surface area contributed by atoms with Crippen LogP contribution in [0.15, 0.2) is 15.6 Å². The van der Waals surface area contributed by atoms with Gasteiger partial charge in [-0.3, -0.25) is 9.38 Å². The van der Waals surface area contributed by atoms with Crippen molar-refractivity contribution in [1.29, 1.82) is 0 Å². The van der Waals surface area contributed by atoms with Gasteiger partial charge in [0.1, 0.15) is 11.7 Å². The quantitative estimate of drug-likeness (QED) is 0.761. The van der Waals surface area contributed by atoms with Crippen LogP contribution < -0.4 is 0 Å². The molecule has 0 saturated heterocycles. The Balaban J connectivity index is 3.00. The molecular weight excluding hydrogens is 325 g/mol. The smallest absolute Gasteiger partial charge is 0.101 e. The molecule has 0 bridgehead atoms. The van der Waals surface area contributed by atoms with Gasteiger partial charge in [-0.15, -0.1) is 9.45 Å². The van der Waals surface area contributed by atoms with E-state index in [-0.39, 0.29) is 31.5 Å². The topological polar surface area (TPSA) is 12.4 Å². The molecule has 0 aromatic rings. The molecule has 0 aliphatic carbocycles. The second-order valence-corrected chi connectivity index (χ2v) is 12.6. The fraction of sp³-hybridized carbons (Fsp3) is 0.727. The van der Waals surface area contributed by atoms with E-state index in [1.54, 1.807) is 6.21 Å². The van der Waals surface area contributed by atoms with Crippen LogP contribution in [-0.4, -0.2) is 22.7 Å². The maximum atomic E-state index is 12.8. The Morgan fingerprint density at radius 3 is 2.50 bits per heavy atom. The van der Waals surface area contributed by atoms with Crippen molar-refractivity contribution >= 4 is 56.4 Å². The molecule has 4 atom stereocenters. The van der Waals surface area contributed by atoms with Gasteiger partial charge in [0.15, 0.2) is 0 Å². The standard InChI is InChI=1S/C11H18FNS5/c1-7(2)18(16-14)9(4)17(15)11-8(3)10(5-12)6-13-11/h6-7,9-10H,5H2,1-4H3. The van der Waals surface area contributed by atoms with Crippen molar-refractivity contribution in [3.63, 3.8) is 0 Å². The highest BCUT2D eigenvalue weighted by Gasteiger charge is 2.25. The number of halogens is 1. The van der Waals surface area contributed by atoms with E-state index in [1.165, 1.54) is 8.88 Å². The molecule has 18 heavy (non-hydrogen) atoms. The molecule has 1 aliphatic rings. The lowest BCUT2D eigenvalue weighted by atomic mass is 10.1. The molecular formula is C11H18FNS5. The van der Waals surface area contributed by atoms with Crippen LogP contribution in [0.25, 0.3) is 0 Å². The van der Waals surface area contributed by atoms with Crippen molar-refractivity contribution in [2.75, 3.05) is 6.67 Å². The number of nitrogens with zero attached hydrogens (tertiary/aromatic N) is 1. The molecule has 0 spiro atoms. The second-order valence-electron chi connectivity index (χ2n) is 4.34. The Bertz CT molecular complexity index is 462. The summed E-state index contributed by atoms with van der Waals surface area (Å²) in [6.07, 6.45) is 1.69. The van der Waals surface area contributed by atoms with E-state index >= 15 is 0 Å². The summed E-state index contributed by atoms with van der Waals surface area (Å²) in [5.74, 6) is -0.165. The molecule has 0 aromatic heterocycles. The van der Waals surface area contributed by atoms with E-state index in [2.05, 4.69) is 25.8 Å². The van der Waals surface area contributed by atoms with Crippen molar-refractivity contribution < 1.29 is 4.39 Å². The van der Waals surface area contributed by atoms with E-state index in [0.717, 1.165) is 10.6 Å². The Labute approximate surface area is 126 Å². The molecule has 1 aliphatic heterocycles. The molecule has 1 rings (SSSR count). The largest absolute Gasteiger partial charge is 0.253 e. The third-order valence-corrected chi connectivity index (χ3v) is 13.1. The Kier molecular flexibility index (Phi) is 6.96. The maximum Gasteiger partial charge on any atom is 0.101 e. The summed E-state index contributed by atoms with van der Waals surface area (Å²) in [6.45, 7) is 8.06. The maximum absolute atomic E-state index is 12.8. The van der Waals surface area contributed by atoms with Crippen LogP contribution in [-0.2, 0) is 50.2 Å². The minimum absolute atomic E-state index is 0.0557. The summed E-state index contributed by atoms with van der Waals surface area (Å²) in [6, 6.07) is 0. The van der Waals surface area contributed by atoms with Crippen molar-refractivity contribution in [3.05, 3.63) is 10.6 Å². The average molecular weight is 344 g/mol. The second kappa shape index (κ2) is 7.47. The summed E-state index contributed by atoms with van der Waals surface area (Å²) in [5, 5.41) is 1.44. The highest BCUT2D eigenvalue weighted by atomic mass is 33.1. The highest BCUT2D eigenvalue weighted by Crippen LogP contribution is 2.27. The summed E-state index contributed by atoms with van der Waals surface area (Å²) in [7, 11) is 1.17. The van der Waals surface area contributed by atoms with Crippen LogP contribution in [0.4, 0.5) is 4.39 Å². The number of rotatable bonds is 5. The van der Waals surface area contributed by atoms with Gasteiger partial charge in [0.05, 0.1) is 4.58 Å². The van der Waals surface area contributed by atoms with Gasteiger partial charge < -0.3 is 0 Å². The highest BCUT2D eigenvalue weighted by molar-refractivity contribution is 8.52.